The average Bonchev–Trinajstić information content (AvgIpc) is 2.36. The van der Waals surface area contributed by atoms with Crippen LogP contribution < -0.4 is 0 Å². The SMILES string of the molecule is CN(C)CCN(CC(=O)O)C(=O)c1ccc(Cl)c(F)c1. The van der Waals surface area contributed by atoms with E-state index in [0.29, 0.717) is 6.54 Å². The van der Waals surface area contributed by atoms with Crippen LogP contribution in [-0.4, -0.2) is 60.5 Å². The van der Waals surface area contributed by atoms with Crippen molar-refractivity contribution in [2.45, 2.75) is 0 Å². The van der Waals surface area contributed by atoms with Crippen LogP contribution in [-0.2, 0) is 4.79 Å². The summed E-state index contributed by atoms with van der Waals surface area (Å²) in [6.45, 7) is 0.314. The minimum atomic E-state index is -1.12. The molecule has 0 aliphatic rings. The molecule has 110 valence electrons. The summed E-state index contributed by atoms with van der Waals surface area (Å²) < 4.78 is 13.4. The molecule has 1 amide bonds. The maximum Gasteiger partial charge on any atom is 0.323 e. The fraction of sp³-hybridized carbons (Fsp3) is 0.385. The number of benzene rings is 1. The summed E-state index contributed by atoms with van der Waals surface area (Å²) >= 11 is 5.55. The number of halogens is 2. The first kappa shape index (κ1) is 16.4. The van der Waals surface area contributed by atoms with Crippen LogP contribution in [0, 0.1) is 5.82 Å². The van der Waals surface area contributed by atoms with E-state index in [1.807, 2.05) is 19.0 Å². The second-order valence-electron chi connectivity index (χ2n) is 4.55. The molecule has 0 spiro atoms. The quantitative estimate of drug-likeness (QED) is 0.866. The molecule has 5 nitrogen and oxygen atoms in total. The molecular weight excluding hydrogens is 287 g/mol. The zero-order chi connectivity index (χ0) is 15.3. The molecule has 0 fully saturated rings. The van der Waals surface area contributed by atoms with Crippen molar-refractivity contribution in [3.8, 4) is 0 Å². The molecule has 0 heterocycles. The Hall–Kier alpha value is -1.66. The highest BCUT2D eigenvalue weighted by molar-refractivity contribution is 6.30. The molecule has 20 heavy (non-hydrogen) atoms. The average molecular weight is 303 g/mol. The first-order valence-electron chi connectivity index (χ1n) is 5.92. The van der Waals surface area contributed by atoms with Gasteiger partial charge in [0.2, 0.25) is 0 Å². The molecule has 0 atom stereocenters. The second kappa shape index (κ2) is 7.21. The van der Waals surface area contributed by atoms with Gasteiger partial charge in [0.1, 0.15) is 12.4 Å². The van der Waals surface area contributed by atoms with Crippen LogP contribution in [0.5, 0.6) is 0 Å². The van der Waals surface area contributed by atoms with Gasteiger partial charge >= 0.3 is 5.97 Å². The predicted octanol–water partition coefficient (Wildman–Crippen LogP) is 1.57. The van der Waals surface area contributed by atoms with Gasteiger partial charge in [-0.3, -0.25) is 9.59 Å². The van der Waals surface area contributed by atoms with Crippen molar-refractivity contribution in [3.63, 3.8) is 0 Å². The number of rotatable bonds is 6. The fourth-order valence-electron chi connectivity index (χ4n) is 1.55. The van der Waals surface area contributed by atoms with Gasteiger partial charge in [-0.2, -0.15) is 0 Å². The Morgan fingerprint density at radius 2 is 1.95 bits per heavy atom. The van der Waals surface area contributed by atoms with Gasteiger partial charge in [-0.05, 0) is 32.3 Å². The van der Waals surface area contributed by atoms with Gasteiger partial charge in [0.25, 0.3) is 5.91 Å². The maximum atomic E-state index is 13.4. The molecule has 0 unspecified atom stereocenters. The van der Waals surface area contributed by atoms with Gasteiger partial charge in [0, 0.05) is 18.7 Å². The number of likely N-dealkylation sites (N-methyl/N-ethyl adjacent to an activating group) is 1. The highest BCUT2D eigenvalue weighted by atomic mass is 35.5. The van der Waals surface area contributed by atoms with Gasteiger partial charge in [0.15, 0.2) is 0 Å². The Bertz CT molecular complexity index is 508. The monoisotopic (exact) mass is 302 g/mol. The summed E-state index contributed by atoms with van der Waals surface area (Å²) in [6.07, 6.45) is 0. The Balaban J connectivity index is 2.90. The number of carboxylic acid groups (broad SMARTS) is 1. The number of amides is 1. The van der Waals surface area contributed by atoms with Crippen molar-refractivity contribution in [1.29, 1.82) is 0 Å². The van der Waals surface area contributed by atoms with Crippen LogP contribution in [0.4, 0.5) is 4.39 Å². The van der Waals surface area contributed by atoms with E-state index >= 15 is 0 Å². The van der Waals surface area contributed by atoms with E-state index in [1.54, 1.807) is 0 Å². The standard InChI is InChI=1S/C13H16ClFN2O3/c1-16(2)5-6-17(8-12(18)19)13(20)9-3-4-10(14)11(15)7-9/h3-4,7H,5-6,8H2,1-2H3,(H,18,19). The molecule has 7 heteroatoms. The van der Waals surface area contributed by atoms with Gasteiger partial charge in [-0.15, -0.1) is 0 Å². The predicted molar refractivity (Wildman–Crippen MR) is 73.5 cm³/mol. The van der Waals surface area contributed by atoms with E-state index in [2.05, 4.69) is 0 Å². The largest absolute Gasteiger partial charge is 0.480 e. The summed E-state index contributed by atoms with van der Waals surface area (Å²) in [6, 6.07) is 3.66. The van der Waals surface area contributed by atoms with E-state index in [1.165, 1.54) is 12.1 Å². The van der Waals surface area contributed by atoms with Crippen molar-refractivity contribution in [2.24, 2.45) is 0 Å². The van der Waals surface area contributed by atoms with E-state index in [0.717, 1.165) is 11.0 Å². The van der Waals surface area contributed by atoms with Crippen molar-refractivity contribution >= 4 is 23.5 Å². The molecule has 1 N–H and O–H groups in total. The second-order valence-corrected chi connectivity index (χ2v) is 4.96. The smallest absolute Gasteiger partial charge is 0.323 e. The molecule has 1 aromatic rings. The third kappa shape index (κ3) is 4.79. The summed E-state index contributed by atoms with van der Waals surface area (Å²) in [4.78, 5) is 26.0. The third-order valence-electron chi connectivity index (χ3n) is 2.60. The number of hydrogen-bond acceptors (Lipinski definition) is 3. The van der Waals surface area contributed by atoms with Gasteiger partial charge in [-0.1, -0.05) is 11.6 Å². The van der Waals surface area contributed by atoms with Gasteiger partial charge < -0.3 is 14.9 Å². The fourth-order valence-corrected chi connectivity index (χ4v) is 1.67. The lowest BCUT2D eigenvalue weighted by atomic mass is 10.2. The molecule has 0 bridgehead atoms. The molecule has 0 aliphatic carbocycles. The van der Waals surface area contributed by atoms with Crippen molar-refractivity contribution < 1.29 is 19.1 Å². The lowest BCUT2D eigenvalue weighted by molar-refractivity contribution is -0.137. The third-order valence-corrected chi connectivity index (χ3v) is 2.90. The Morgan fingerprint density at radius 3 is 2.45 bits per heavy atom. The topological polar surface area (TPSA) is 60.9 Å². The lowest BCUT2D eigenvalue weighted by Gasteiger charge is -2.22. The van der Waals surface area contributed by atoms with Crippen molar-refractivity contribution in [1.82, 2.24) is 9.80 Å². The number of carbonyl (C=O) groups excluding carboxylic acids is 1. The Labute approximate surface area is 121 Å². The number of hydrogen-bond donors (Lipinski definition) is 1. The lowest BCUT2D eigenvalue weighted by Crippen LogP contribution is -2.40. The van der Waals surface area contributed by atoms with Gasteiger partial charge in [-0.25, -0.2) is 4.39 Å². The van der Waals surface area contributed by atoms with E-state index in [9.17, 15) is 14.0 Å². The molecule has 0 saturated carbocycles. The zero-order valence-corrected chi connectivity index (χ0v) is 12.0. The number of aliphatic carboxylic acids is 1. The van der Waals surface area contributed by atoms with Crippen LogP contribution in [0.2, 0.25) is 5.02 Å². The summed E-state index contributed by atoms with van der Waals surface area (Å²) in [7, 11) is 3.62. The highest BCUT2D eigenvalue weighted by Gasteiger charge is 2.19. The van der Waals surface area contributed by atoms with E-state index in [-0.39, 0.29) is 17.1 Å². The Kier molecular flexibility index (Phi) is 5.91. The van der Waals surface area contributed by atoms with Gasteiger partial charge in [0.05, 0.1) is 5.02 Å². The first-order chi connectivity index (χ1) is 9.31. The number of nitrogens with zero attached hydrogens (tertiary/aromatic N) is 2. The Morgan fingerprint density at radius 1 is 1.30 bits per heavy atom. The molecule has 0 radical (unpaired) electrons. The van der Waals surface area contributed by atoms with Crippen LogP contribution in [0.1, 0.15) is 10.4 Å². The van der Waals surface area contributed by atoms with E-state index in [4.69, 9.17) is 16.7 Å². The summed E-state index contributed by atoms with van der Waals surface area (Å²) in [5, 5.41) is 8.76. The minimum Gasteiger partial charge on any atom is -0.480 e. The van der Waals surface area contributed by atoms with Crippen LogP contribution in [0.25, 0.3) is 0 Å². The first-order valence-corrected chi connectivity index (χ1v) is 6.30. The number of carboxylic acids is 1. The molecule has 1 aromatic carbocycles. The maximum absolute atomic E-state index is 13.4. The minimum absolute atomic E-state index is 0.0758. The number of carbonyl (C=O) groups is 2. The van der Waals surface area contributed by atoms with Crippen molar-refractivity contribution in [2.75, 3.05) is 33.7 Å². The van der Waals surface area contributed by atoms with Crippen LogP contribution in [0.15, 0.2) is 18.2 Å². The van der Waals surface area contributed by atoms with E-state index < -0.39 is 24.2 Å². The molecule has 0 saturated heterocycles. The van der Waals surface area contributed by atoms with Crippen LogP contribution >= 0.6 is 11.6 Å². The molecule has 0 aliphatic heterocycles. The van der Waals surface area contributed by atoms with Crippen LogP contribution in [0.3, 0.4) is 0 Å². The molecule has 1 rings (SSSR count). The zero-order valence-electron chi connectivity index (χ0n) is 11.3. The summed E-state index contributed by atoms with van der Waals surface area (Å²) in [5.41, 5.74) is 0.0758. The highest BCUT2D eigenvalue weighted by Crippen LogP contribution is 2.16. The molecule has 0 aromatic heterocycles. The van der Waals surface area contributed by atoms with Crippen molar-refractivity contribution in [3.05, 3.63) is 34.6 Å². The summed E-state index contributed by atoms with van der Waals surface area (Å²) in [5.74, 6) is -2.36. The molecular formula is C13H16ClFN2O3. The normalized spacial score (nSPS) is 10.7.